The van der Waals surface area contributed by atoms with Crippen molar-refractivity contribution in [3.8, 4) is 5.75 Å². The first-order valence-corrected chi connectivity index (χ1v) is 9.85. The van der Waals surface area contributed by atoms with Crippen molar-refractivity contribution in [1.82, 2.24) is 0 Å². The lowest BCUT2D eigenvalue weighted by atomic mass is 9.37. The fourth-order valence-corrected chi connectivity index (χ4v) is 7.45. The summed E-state index contributed by atoms with van der Waals surface area (Å²) in [5.74, 6) is 0.427. The minimum Gasteiger partial charge on any atom is -0.486 e. The van der Waals surface area contributed by atoms with Crippen molar-refractivity contribution in [2.45, 2.75) is 77.1 Å². The molecule has 140 valence electrons. The van der Waals surface area contributed by atoms with Crippen LogP contribution in [0.25, 0.3) is 0 Å². The van der Waals surface area contributed by atoms with Crippen molar-refractivity contribution in [2.24, 2.45) is 16.2 Å². The van der Waals surface area contributed by atoms with Crippen LogP contribution in [0.5, 0.6) is 5.75 Å². The molecule has 26 heavy (non-hydrogen) atoms. The van der Waals surface area contributed by atoms with Gasteiger partial charge in [-0.2, -0.15) is 0 Å². The maximum absolute atomic E-state index is 13.6. The molecule has 2 heterocycles. The summed E-state index contributed by atoms with van der Waals surface area (Å²) in [6, 6.07) is 7.59. The number of aliphatic hydroxyl groups is 1. The van der Waals surface area contributed by atoms with Gasteiger partial charge in [0.15, 0.2) is 0 Å². The van der Waals surface area contributed by atoms with Gasteiger partial charge in [0.25, 0.3) is 0 Å². The molecule has 0 unspecified atom stereocenters. The summed E-state index contributed by atoms with van der Waals surface area (Å²) < 4.78 is 12.8. The molecule has 4 aliphatic rings. The van der Waals surface area contributed by atoms with Crippen LogP contribution in [0.1, 0.15) is 71.5 Å². The molecule has 3 fully saturated rings. The van der Waals surface area contributed by atoms with E-state index in [0.29, 0.717) is 17.7 Å². The van der Waals surface area contributed by atoms with Gasteiger partial charge >= 0.3 is 5.97 Å². The van der Waals surface area contributed by atoms with E-state index in [4.69, 9.17) is 9.47 Å². The zero-order chi connectivity index (χ0) is 18.6. The maximum Gasteiger partial charge on any atom is 0.320 e. The topological polar surface area (TPSA) is 55.8 Å². The molecule has 2 aliphatic carbocycles. The molecule has 4 nitrogen and oxygen atoms in total. The second kappa shape index (κ2) is 4.46. The van der Waals surface area contributed by atoms with Gasteiger partial charge < -0.3 is 14.6 Å². The smallest absolute Gasteiger partial charge is 0.320 e. The summed E-state index contributed by atoms with van der Waals surface area (Å²) in [5.41, 5.74) is -2.23. The van der Waals surface area contributed by atoms with Crippen molar-refractivity contribution in [1.29, 1.82) is 0 Å². The SMILES string of the molecule is CC1(C)CCC[C@@]2(C)[C@@]34C(=O)O[C@@]12CC[C@@]3(C)Oc1ccccc1[C@H]4O. The van der Waals surface area contributed by atoms with E-state index in [-0.39, 0.29) is 11.4 Å². The summed E-state index contributed by atoms with van der Waals surface area (Å²) in [7, 11) is 0. The van der Waals surface area contributed by atoms with Gasteiger partial charge in [-0.3, -0.25) is 4.79 Å². The molecule has 0 aromatic heterocycles. The Hall–Kier alpha value is -1.55. The van der Waals surface area contributed by atoms with Crippen LogP contribution in [0.3, 0.4) is 0 Å². The highest BCUT2D eigenvalue weighted by Crippen LogP contribution is 2.79. The first kappa shape index (κ1) is 16.6. The molecular weight excluding hydrogens is 328 g/mol. The molecule has 1 spiro atoms. The fraction of sp³-hybridized carbons (Fsp3) is 0.682. The standard InChI is InChI=1S/C22H28O4/c1-18(2)10-7-11-19(3)21(18)13-12-20(4)22(19,17(24)26-21)16(23)14-8-5-6-9-15(14)25-20/h5-6,8-9,16,23H,7,10-13H2,1-4H3/t16-,19-,20-,21+,22-/m1/s1. The Morgan fingerprint density at radius 3 is 2.50 bits per heavy atom. The Balaban J connectivity index is 1.83. The summed E-state index contributed by atoms with van der Waals surface area (Å²) in [5, 5.41) is 11.7. The Morgan fingerprint density at radius 2 is 1.73 bits per heavy atom. The molecular formula is C22H28O4. The highest BCUT2D eigenvalue weighted by molar-refractivity contribution is 5.86. The highest BCUT2D eigenvalue weighted by atomic mass is 16.6. The lowest BCUT2D eigenvalue weighted by molar-refractivity contribution is -0.257. The summed E-state index contributed by atoms with van der Waals surface area (Å²) in [6.45, 7) is 8.64. The zero-order valence-corrected chi connectivity index (χ0v) is 16.1. The van der Waals surface area contributed by atoms with Crippen LogP contribution in [0.15, 0.2) is 24.3 Å². The lowest BCUT2D eigenvalue weighted by Gasteiger charge is -2.66. The monoisotopic (exact) mass is 356 g/mol. The first-order chi connectivity index (χ1) is 12.2. The van der Waals surface area contributed by atoms with Crippen LogP contribution >= 0.6 is 0 Å². The van der Waals surface area contributed by atoms with E-state index >= 15 is 0 Å². The van der Waals surface area contributed by atoms with E-state index in [1.807, 2.05) is 31.2 Å². The molecule has 5 rings (SSSR count). The molecule has 1 N–H and O–H groups in total. The van der Waals surface area contributed by atoms with Gasteiger partial charge in [0.05, 0.1) is 0 Å². The van der Waals surface area contributed by atoms with Crippen molar-refractivity contribution < 1.29 is 19.4 Å². The highest BCUT2D eigenvalue weighted by Gasteiger charge is 2.87. The zero-order valence-electron chi connectivity index (χ0n) is 16.1. The van der Waals surface area contributed by atoms with E-state index in [0.717, 1.165) is 25.7 Å². The van der Waals surface area contributed by atoms with Crippen LogP contribution in [0.2, 0.25) is 0 Å². The van der Waals surface area contributed by atoms with Gasteiger partial charge in [0, 0.05) is 16.4 Å². The molecule has 5 atom stereocenters. The number of hydrogen-bond acceptors (Lipinski definition) is 4. The molecule has 2 aliphatic heterocycles. The van der Waals surface area contributed by atoms with Gasteiger partial charge in [-0.15, -0.1) is 0 Å². The van der Waals surface area contributed by atoms with E-state index in [1.54, 1.807) is 0 Å². The molecule has 4 heteroatoms. The van der Waals surface area contributed by atoms with Crippen LogP contribution in [0.4, 0.5) is 0 Å². The molecule has 2 bridgehead atoms. The van der Waals surface area contributed by atoms with E-state index < -0.39 is 28.1 Å². The first-order valence-electron chi connectivity index (χ1n) is 9.85. The quantitative estimate of drug-likeness (QED) is 0.709. The van der Waals surface area contributed by atoms with Crippen LogP contribution < -0.4 is 4.74 Å². The van der Waals surface area contributed by atoms with E-state index in [2.05, 4.69) is 20.8 Å². The van der Waals surface area contributed by atoms with Crippen LogP contribution in [0, 0.1) is 16.2 Å². The number of fused-ring (bicyclic) bond motifs is 1. The number of para-hydroxylation sites is 1. The number of carbonyl (C=O) groups is 1. The minimum atomic E-state index is -1.07. The van der Waals surface area contributed by atoms with Crippen molar-refractivity contribution in [2.75, 3.05) is 0 Å². The third-order valence-corrected chi connectivity index (χ3v) is 8.67. The third kappa shape index (κ3) is 1.38. The van der Waals surface area contributed by atoms with E-state index in [1.165, 1.54) is 0 Å². The Kier molecular flexibility index (Phi) is 2.85. The summed E-state index contributed by atoms with van der Waals surface area (Å²) >= 11 is 0. The van der Waals surface area contributed by atoms with Crippen LogP contribution in [-0.4, -0.2) is 22.3 Å². The minimum absolute atomic E-state index is 0.114. The summed E-state index contributed by atoms with van der Waals surface area (Å²) in [4.78, 5) is 13.6. The van der Waals surface area contributed by atoms with Gasteiger partial charge in [-0.05, 0) is 38.7 Å². The Bertz CT molecular complexity index is 816. The third-order valence-electron chi connectivity index (χ3n) is 8.67. The molecule has 1 saturated heterocycles. The molecule has 1 aromatic rings. The van der Waals surface area contributed by atoms with Gasteiger partial charge in [-0.1, -0.05) is 45.4 Å². The van der Waals surface area contributed by atoms with Gasteiger partial charge in [-0.25, -0.2) is 0 Å². The number of benzene rings is 1. The number of carbonyl (C=O) groups excluding carboxylic acids is 1. The molecule has 2 saturated carbocycles. The number of rotatable bonds is 0. The second-order valence-electron chi connectivity index (χ2n) is 9.87. The largest absolute Gasteiger partial charge is 0.486 e. The predicted molar refractivity (Wildman–Crippen MR) is 96.7 cm³/mol. The lowest BCUT2D eigenvalue weighted by Crippen LogP contribution is -2.73. The number of hydrogen-bond donors (Lipinski definition) is 1. The number of aliphatic hydroxyl groups excluding tert-OH is 1. The number of esters is 1. The average molecular weight is 356 g/mol. The molecule has 0 amide bonds. The van der Waals surface area contributed by atoms with E-state index in [9.17, 15) is 9.90 Å². The van der Waals surface area contributed by atoms with Gasteiger partial charge in [0.1, 0.15) is 28.5 Å². The summed E-state index contributed by atoms with van der Waals surface area (Å²) in [6.07, 6.45) is 3.54. The van der Waals surface area contributed by atoms with Crippen molar-refractivity contribution >= 4 is 5.97 Å². The average Bonchev–Trinajstić information content (AvgIpc) is 2.70. The number of ether oxygens (including phenoxy) is 2. The van der Waals surface area contributed by atoms with Crippen molar-refractivity contribution in [3.05, 3.63) is 29.8 Å². The Morgan fingerprint density at radius 1 is 1.00 bits per heavy atom. The predicted octanol–water partition coefficient (Wildman–Crippen LogP) is 4.16. The van der Waals surface area contributed by atoms with Crippen molar-refractivity contribution in [3.63, 3.8) is 0 Å². The van der Waals surface area contributed by atoms with Gasteiger partial charge in [0.2, 0.25) is 0 Å². The Labute approximate surface area is 154 Å². The molecule has 0 radical (unpaired) electrons. The fourth-order valence-electron chi connectivity index (χ4n) is 7.45. The van der Waals surface area contributed by atoms with Crippen LogP contribution in [-0.2, 0) is 9.53 Å². The molecule has 1 aromatic carbocycles. The maximum atomic E-state index is 13.6. The normalized spacial score (nSPS) is 47.9. The second-order valence-corrected chi connectivity index (χ2v) is 9.87.